The average molecular weight is 216 g/mol. The van der Waals surface area contributed by atoms with Gasteiger partial charge in [-0.15, -0.1) is 0 Å². The van der Waals surface area contributed by atoms with Crippen LogP contribution in [0.5, 0.6) is 0 Å². The summed E-state index contributed by atoms with van der Waals surface area (Å²) < 4.78 is 0. The molecule has 0 unspecified atom stereocenters. The van der Waals surface area contributed by atoms with Crippen molar-refractivity contribution in [2.45, 2.75) is 0 Å². The quantitative estimate of drug-likeness (QED) is 0.494. The fourth-order valence-electron chi connectivity index (χ4n) is 0. The first-order valence-corrected chi connectivity index (χ1v) is 0.952. The molecule has 0 aliphatic carbocycles. The third-order valence-corrected chi connectivity index (χ3v) is 0. The SMILES string of the molecule is N#[C][Fe].[Mn].[Mn].[NaH]. The second-order valence-corrected chi connectivity index (χ2v) is 0.326. The van der Waals surface area contributed by atoms with E-state index in [1.807, 2.05) is 0 Å². The Balaban J connectivity index is -0.00000000667. The van der Waals surface area contributed by atoms with Gasteiger partial charge < -0.3 is 0 Å². The van der Waals surface area contributed by atoms with Crippen LogP contribution in [0.2, 0.25) is 0 Å². The molecule has 0 bridgehead atoms. The molecule has 0 spiro atoms. The Morgan fingerprint density at radius 2 is 1.33 bits per heavy atom. The zero-order valence-electron chi connectivity index (χ0n) is 2.06. The molecule has 0 aliphatic rings. The monoisotopic (exact) mass is 216 g/mol. The first-order chi connectivity index (χ1) is 1.41. The number of nitriles is 1. The van der Waals surface area contributed by atoms with E-state index in [0.29, 0.717) is 0 Å². The van der Waals surface area contributed by atoms with Crippen molar-refractivity contribution >= 4 is 29.6 Å². The van der Waals surface area contributed by atoms with Crippen LogP contribution in [-0.2, 0) is 50.2 Å². The standard InChI is InChI=1S/CN.Fe.2Mn.Na.H/c1-2;;;;;. The maximum atomic E-state index is 7.21. The molecule has 0 saturated heterocycles. The fraction of sp³-hybridized carbons (Fsp3) is 0. The Kier molecular flexibility index (Phi) is 113. The van der Waals surface area contributed by atoms with E-state index in [1.54, 1.807) is 0 Å². The summed E-state index contributed by atoms with van der Waals surface area (Å²) in [7, 11) is 0. The molecule has 0 amide bonds. The number of rotatable bonds is 0. The van der Waals surface area contributed by atoms with Crippen molar-refractivity contribution in [1.82, 2.24) is 0 Å². The zero-order chi connectivity index (χ0) is 2.71. The molecule has 2 radical (unpaired) electrons. The summed E-state index contributed by atoms with van der Waals surface area (Å²) in [6.45, 7) is 0. The van der Waals surface area contributed by atoms with E-state index >= 15 is 0 Å². The molecule has 0 fully saturated rings. The predicted octanol–water partition coefficient (Wildman–Crippen LogP) is -0.639. The van der Waals surface area contributed by atoms with Crippen LogP contribution in [0.3, 0.4) is 0 Å². The van der Waals surface area contributed by atoms with Gasteiger partial charge in [0.25, 0.3) is 0 Å². The van der Waals surface area contributed by atoms with E-state index in [4.69, 9.17) is 5.26 Å². The molecule has 0 atom stereocenters. The van der Waals surface area contributed by atoms with Gasteiger partial charge in [0.2, 0.25) is 0 Å². The normalized spacial score (nSPS) is 1.33. The minimum atomic E-state index is 0. The molecule has 0 N–H and O–H groups in total. The van der Waals surface area contributed by atoms with Crippen LogP contribution in [0.4, 0.5) is 0 Å². The van der Waals surface area contributed by atoms with Crippen LogP contribution < -0.4 is 0 Å². The van der Waals surface area contributed by atoms with Crippen LogP contribution in [-0.4, -0.2) is 29.6 Å². The van der Waals surface area contributed by atoms with Gasteiger partial charge in [-0.05, 0) is 0 Å². The number of hydrogen-bond donors (Lipinski definition) is 0. The molecule has 0 saturated carbocycles. The zero-order valence-corrected chi connectivity index (χ0v) is 5.52. The van der Waals surface area contributed by atoms with Crippen LogP contribution in [0, 0.1) is 10.2 Å². The Bertz CT molecular complexity index is 35.0. The summed E-state index contributed by atoms with van der Waals surface area (Å²) in [5.74, 6) is 0. The van der Waals surface area contributed by atoms with Crippen molar-refractivity contribution in [2.24, 2.45) is 0 Å². The van der Waals surface area contributed by atoms with E-state index in [-0.39, 0.29) is 63.7 Å². The summed E-state index contributed by atoms with van der Waals surface area (Å²) in [6, 6.07) is 0. The van der Waals surface area contributed by atoms with Crippen molar-refractivity contribution in [3.05, 3.63) is 0 Å². The molecule has 0 heterocycles. The van der Waals surface area contributed by atoms with E-state index in [2.05, 4.69) is 16.0 Å². The molecule has 1 nitrogen and oxygen atoms in total. The molecule has 6 heavy (non-hydrogen) atoms. The van der Waals surface area contributed by atoms with E-state index in [0.717, 1.165) is 0 Å². The Morgan fingerprint density at radius 3 is 1.33 bits per heavy atom. The van der Waals surface area contributed by atoms with E-state index in [1.165, 1.54) is 4.97 Å². The molecule has 5 heteroatoms. The molecule has 0 aromatic heterocycles. The van der Waals surface area contributed by atoms with Gasteiger partial charge in [-0.2, -0.15) is 0 Å². The second kappa shape index (κ2) is 27.7. The maximum absolute atomic E-state index is 7.21. The second-order valence-electron chi connectivity index (χ2n) is 0.0791. The van der Waals surface area contributed by atoms with E-state index in [9.17, 15) is 0 Å². The summed E-state index contributed by atoms with van der Waals surface area (Å²) in [5, 5.41) is 7.21. The van der Waals surface area contributed by atoms with Gasteiger partial charge in [-0.25, -0.2) is 0 Å². The molecular formula is CHFeMn2NNa. The van der Waals surface area contributed by atoms with Crippen molar-refractivity contribution < 1.29 is 50.2 Å². The van der Waals surface area contributed by atoms with Crippen molar-refractivity contribution in [2.75, 3.05) is 0 Å². The third kappa shape index (κ3) is 36.7. The number of nitrogens with zero attached hydrogens (tertiary/aromatic N) is 1. The van der Waals surface area contributed by atoms with Gasteiger partial charge in [0.15, 0.2) is 0 Å². The molecule has 0 rings (SSSR count). The molecular weight excluding hydrogens is 215 g/mol. The van der Waals surface area contributed by atoms with Crippen LogP contribution >= 0.6 is 0 Å². The third-order valence-electron chi connectivity index (χ3n) is 0. The minimum absolute atomic E-state index is 0. The average Bonchev–Trinajstić information content (AvgIpc) is 0.918. The fourth-order valence-corrected chi connectivity index (χ4v) is 0. The van der Waals surface area contributed by atoms with Crippen LogP contribution in [0.15, 0.2) is 0 Å². The summed E-state index contributed by atoms with van der Waals surface area (Å²) in [6.07, 6.45) is 0. The van der Waals surface area contributed by atoms with Crippen molar-refractivity contribution in [3.8, 4) is 4.97 Å². The van der Waals surface area contributed by atoms with Crippen molar-refractivity contribution in [3.63, 3.8) is 0 Å². The Morgan fingerprint density at radius 1 is 1.33 bits per heavy atom. The first-order valence-electron chi connectivity index (χ1n) is 0.400. The topological polar surface area (TPSA) is 23.8 Å². The molecule has 0 aromatic rings. The Labute approximate surface area is 88.7 Å². The summed E-state index contributed by atoms with van der Waals surface area (Å²) in [5.41, 5.74) is 0. The first kappa shape index (κ1) is 24.4. The summed E-state index contributed by atoms with van der Waals surface area (Å²) in [4.78, 5) is 1.50. The molecule has 33 valence electrons. The number of hydrogen-bond acceptors (Lipinski definition) is 1. The predicted molar refractivity (Wildman–Crippen MR) is 12.8 cm³/mol. The van der Waals surface area contributed by atoms with Crippen LogP contribution in [0.25, 0.3) is 0 Å². The van der Waals surface area contributed by atoms with Crippen LogP contribution in [0.1, 0.15) is 0 Å². The molecule has 0 aliphatic heterocycles. The van der Waals surface area contributed by atoms with Crippen molar-refractivity contribution in [1.29, 1.82) is 5.26 Å². The van der Waals surface area contributed by atoms with Gasteiger partial charge in [0.1, 0.15) is 0 Å². The van der Waals surface area contributed by atoms with Gasteiger partial charge in [0, 0.05) is 34.1 Å². The Hall–Kier alpha value is 2.05. The van der Waals surface area contributed by atoms with Gasteiger partial charge in [-0.1, -0.05) is 0 Å². The summed E-state index contributed by atoms with van der Waals surface area (Å²) >= 11 is 2.79. The molecule has 0 aromatic carbocycles. The van der Waals surface area contributed by atoms with Gasteiger partial charge >= 0.3 is 55.8 Å². The van der Waals surface area contributed by atoms with Gasteiger partial charge in [-0.3, -0.25) is 0 Å². The van der Waals surface area contributed by atoms with E-state index < -0.39 is 0 Å². The van der Waals surface area contributed by atoms with Gasteiger partial charge in [0.05, 0.1) is 0 Å².